The number of aromatic nitrogens is 1. The Balaban J connectivity index is 1.41. The van der Waals surface area contributed by atoms with Crippen LogP contribution in [0.3, 0.4) is 0 Å². The minimum absolute atomic E-state index is 0.149. The van der Waals surface area contributed by atoms with E-state index in [1.165, 1.54) is 47.4 Å². The van der Waals surface area contributed by atoms with Crippen LogP contribution in [0.5, 0.6) is 0 Å². The molecule has 0 fully saturated rings. The zero-order valence-electron chi connectivity index (χ0n) is 14.1. The van der Waals surface area contributed by atoms with Crippen molar-refractivity contribution in [3.8, 4) is 11.3 Å². The molecule has 0 aliphatic carbocycles. The number of thioether (sulfide) groups is 1. The Hall–Kier alpha value is -2.71. The number of nitrogens with zero attached hydrogens (tertiary/aromatic N) is 1. The van der Waals surface area contributed by atoms with Crippen LogP contribution in [0.1, 0.15) is 0 Å². The molecule has 2 N–H and O–H groups in total. The lowest BCUT2D eigenvalue weighted by Gasteiger charge is -2.06. The number of halogens is 1. The Bertz CT molecular complexity index is 914. The highest BCUT2D eigenvalue weighted by Gasteiger charge is 2.09. The zero-order valence-corrected chi connectivity index (χ0v) is 15.8. The Morgan fingerprint density at radius 3 is 2.52 bits per heavy atom. The summed E-state index contributed by atoms with van der Waals surface area (Å²) >= 11 is 2.80. The fraction of sp³-hybridized carbons (Fsp3) is 0.105. The summed E-state index contributed by atoms with van der Waals surface area (Å²) in [4.78, 5) is 28.2. The van der Waals surface area contributed by atoms with E-state index in [2.05, 4.69) is 15.6 Å². The van der Waals surface area contributed by atoms with Crippen LogP contribution in [0.4, 0.5) is 10.1 Å². The number of rotatable bonds is 7. The lowest BCUT2D eigenvalue weighted by atomic mass is 10.2. The topological polar surface area (TPSA) is 71.1 Å². The normalized spacial score (nSPS) is 10.4. The van der Waals surface area contributed by atoms with Gasteiger partial charge in [-0.15, -0.1) is 11.3 Å². The van der Waals surface area contributed by atoms with Crippen molar-refractivity contribution >= 4 is 40.6 Å². The predicted octanol–water partition coefficient (Wildman–Crippen LogP) is 3.80. The van der Waals surface area contributed by atoms with Gasteiger partial charge in [-0.2, -0.15) is 0 Å². The smallest absolute Gasteiger partial charge is 0.243 e. The van der Waals surface area contributed by atoms with E-state index in [9.17, 15) is 14.0 Å². The van der Waals surface area contributed by atoms with Crippen LogP contribution in [-0.2, 0) is 9.59 Å². The van der Waals surface area contributed by atoms with Crippen LogP contribution in [0.15, 0.2) is 64.3 Å². The fourth-order valence-corrected chi connectivity index (χ4v) is 3.83. The van der Waals surface area contributed by atoms with Crippen molar-refractivity contribution in [2.75, 3.05) is 17.6 Å². The molecule has 0 aliphatic rings. The number of hydrogen-bond donors (Lipinski definition) is 2. The molecule has 0 unspecified atom stereocenters. The second-order valence-corrected chi connectivity index (χ2v) is 7.57. The monoisotopic (exact) mass is 401 g/mol. The highest BCUT2D eigenvalue weighted by Crippen LogP contribution is 2.27. The molecule has 2 amide bonds. The molecule has 8 heteroatoms. The maximum atomic E-state index is 12.8. The summed E-state index contributed by atoms with van der Waals surface area (Å²) in [7, 11) is 0. The maximum absolute atomic E-state index is 12.8. The minimum atomic E-state index is -0.379. The summed E-state index contributed by atoms with van der Waals surface area (Å²) in [6.45, 7) is -0.149. The standard InChI is InChI=1S/C19H16FN3O2S2/c20-14-6-8-15(9-7-14)22-17(24)10-21-18(25)12-27-19-23-16(11-26-19)13-4-2-1-3-5-13/h1-9,11H,10,12H2,(H,21,25)(H,22,24). The summed E-state index contributed by atoms with van der Waals surface area (Å²) in [5.41, 5.74) is 2.38. The van der Waals surface area contributed by atoms with E-state index in [4.69, 9.17) is 0 Å². The Morgan fingerprint density at radius 1 is 1.04 bits per heavy atom. The van der Waals surface area contributed by atoms with Crippen molar-refractivity contribution in [2.24, 2.45) is 0 Å². The van der Waals surface area contributed by atoms with Crippen LogP contribution in [0.2, 0.25) is 0 Å². The van der Waals surface area contributed by atoms with Gasteiger partial charge in [-0.1, -0.05) is 42.1 Å². The van der Waals surface area contributed by atoms with Gasteiger partial charge in [0, 0.05) is 16.6 Å². The number of anilines is 1. The van der Waals surface area contributed by atoms with E-state index >= 15 is 0 Å². The molecule has 0 spiro atoms. The first kappa shape index (κ1) is 19.1. The molecule has 0 bridgehead atoms. The second kappa shape index (κ2) is 9.29. The maximum Gasteiger partial charge on any atom is 0.243 e. The van der Waals surface area contributed by atoms with Gasteiger partial charge in [0.2, 0.25) is 11.8 Å². The Kier molecular flexibility index (Phi) is 6.56. The highest BCUT2D eigenvalue weighted by molar-refractivity contribution is 8.01. The summed E-state index contributed by atoms with van der Waals surface area (Å²) < 4.78 is 13.6. The molecule has 0 atom stereocenters. The van der Waals surface area contributed by atoms with E-state index in [0.29, 0.717) is 5.69 Å². The van der Waals surface area contributed by atoms with Crippen LogP contribution < -0.4 is 10.6 Å². The second-order valence-electron chi connectivity index (χ2n) is 5.49. The van der Waals surface area contributed by atoms with E-state index in [1.807, 2.05) is 35.7 Å². The van der Waals surface area contributed by atoms with E-state index in [1.54, 1.807) is 0 Å². The Labute approximate surface area is 164 Å². The first-order chi connectivity index (χ1) is 13.1. The quantitative estimate of drug-likeness (QED) is 0.591. The highest BCUT2D eigenvalue weighted by atomic mass is 32.2. The minimum Gasteiger partial charge on any atom is -0.346 e. The molecule has 0 radical (unpaired) electrons. The molecule has 3 aromatic rings. The van der Waals surface area contributed by atoms with Crippen LogP contribution in [0, 0.1) is 5.82 Å². The summed E-state index contributed by atoms with van der Waals surface area (Å²) in [6, 6.07) is 15.2. The molecule has 138 valence electrons. The number of carbonyl (C=O) groups is 2. The lowest BCUT2D eigenvalue weighted by Crippen LogP contribution is -2.33. The van der Waals surface area contributed by atoms with Gasteiger partial charge < -0.3 is 10.6 Å². The summed E-state index contributed by atoms with van der Waals surface area (Å²) in [5, 5.41) is 7.09. The van der Waals surface area contributed by atoms with Gasteiger partial charge in [0.1, 0.15) is 5.82 Å². The summed E-state index contributed by atoms with van der Waals surface area (Å²) in [6.07, 6.45) is 0. The molecule has 27 heavy (non-hydrogen) atoms. The number of amides is 2. The largest absolute Gasteiger partial charge is 0.346 e. The zero-order chi connectivity index (χ0) is 19.1. The van der Waals surface area contributed by atoms with Crippen molar-refractivity contribution in [3.05, 3.63) is 65.8 Å². The van der Waals surface area contributed by atoms with Gasteiger partial charge in [0.15, 0.2) is 4.34 Å². The molecule has 3 rings (SSSR count). The molecule has 0 saturated heterocycles. The molecule has 2 aromatic carbocycles. The molecular formula is C19H16FN3O2S2. The van der Waals surface area contributed by atoms with E-state index in [-0.39, 0.29) is 29.9 Å². The van der Waals surface area contributed by atoms with Gasteiger partial charge in [-0.3, -0.25) is 9.59 Å². The number of benzene rings is 2. The number of thiazole rings is 1. The van der Waals surface area contributed by atoms with Crippen molar-refractivity contribution < 1.29 is 14.0 Å². The van der Waals surface area contributed by atoms with Crippen LogP contribution >= 0.6 is 23.1 Å². The fourth-order valence-electron chi connectivity index (χ4n) is 2.16. The average molecular weight is 401 g/mol. The van der Waals surface area contributed by atoms with Crippen molar-refractivity contribution in [2.45, 2.75) is 4.34 Å². The predicted molar refractivity (Wildman–Crippen MR) is 106 cm³/mol. The van der Waals surface area contributed by atoms with E-state index < -0.39 is 0 Å². The van der Waals surface area contributed by atoms with Gasteiger partial charge in [-0.05, 0) is 24.3 Å². The molecule has 1 heterocycles. The number of carbonyl (C=O) groups excluding carboxylic acids is 2. The van der Waals surface area contributed by atoms with Gasteiger partial charge in [0.05, 0.1) is 18.0 Å². The van der Waals surface area contributed by atoms with Gasteiger partial charge in [-0.25, -0.2) is 9.37 Å². The van der Waals surface area contributed by atoms with Crippen molar-refractivity contribution in [1.82, 2.24) is 10.3 Å². The number of hydrogen-bond acceptors (Lipinski definition) is 5. The third kappa shape index (κ3) is 5.90. The average Bonchev–Trinajstić information content (AvgIpc) is 3.16. The molecular weight excluding hydrogens is 385 g/mol. The SMILES string of the molecule is O=C(CSc1nc(-c2ccccc2)cs1)NCC(=O)Nc1ccc(F)cc1. The third-order valence-corrected chi connectivity index (χ3v) is 5.47. The third-order valence-electron chi connectivity index (χ3n) is 3.45. The molecule has 5 nitrogen and oxygen atoms in total. The lowest BCUT2D eigenvalue weighted by molar-refractivity contribution is -0.122. The molecule has 1 aromatic heterocycles. The van der Waals surface area contributed by atoms with Crippen LogP contribution in [-0.4, -0.2) is 29.1 Å². The van der Waals surface area contributed by atoms with E-state index in [0.717, 1.165) is 15.6 Å². The molecule has 0 saturated carbocycles. The summed E-state index contributed by atoms with van der Waals surface area (Å²) in [5.74, 6) is -0.840. The van der Waals surface area contributed by atoms with Crippen LogP contribution in [0.25, 0.3) is 11.3 Å². The van der Waals surface area contributed by atoms with Crippen molar-refractivity contribution in [1.29, 1.82) is 0 Å². The first-order valence-corrected chi connectivity index (χ1v) is 9.92. The van der Waals surface area contributed by atoms with Gasteiger partial charge >= 0.3 is 0 Å². The molecule has 0 aliphatic heterocycles. The number of nitrogens with one attached hydrogen (secondary N) is 2. The van der Waals surface area contributed by atoms with Gasteiger partial charge in [0.25, 0.3) is 0 Å². The van der Waals surface area contributed by atoms with Crippen molar-refractivity contribution in [3.63, 3.8) is 0 Å². The Morgan fingerprint density at radius 2 is 1.78 bits per heavy atom. The first-order valence-electron chi connectivity index (χ1n) is 8.06.